The Balaban J connectivity index is 1.21. The van der Waals surface area contributed by atoms with Crippen LogP contribution in [0, 0.1) is 17.2 Å². The van der Waals surface area contributed by atoms with E-state index in [-0.39, 0.29) is 29.0 Å². The van der Waals surface area contributed by atoms with Crippen molar-refractivity contribution < 1.29 is 17.6 Å². The number of fused-ring (bicyclic) bond motifs is 1. The SMILES string of the molecule is Fc1ccc(N2CC3(CCCN(Cc4ccn5c(CC6CC6)nnc5c4C(F)(F)F)C3)C2)cc1. The highest BCUT2D eigenvalue weighted by Gasteiger charge is 2.46. The second-order valence-corrected chi connectivity index (χ2v) is 10.3. The van der Waals surface area contributed by atoms with Crippen molar-refractivity contribution in [1.29, 1.82) is 0 Å². The summed E-state index contributed by atoms with van der Waals surface area (Å²) < 4.78 is 57.3. The maximum atomic E-state index is 14.2. The van der Waals surface area contributed by atoms with Gasteiger partial charge in [0, 0.05) is 49.9 Å². The van der Waals surface area contributed by atoms with E-state index in [1.807, 2.05) is 0 Å². The molecule has 1 aromatic carbocycles. The van der Waals surface area contributed by atoms with E-state index in [1.54, 1.807) is 24.4 Å². The van der Waals surface area contributed by atoms with E-state index in [1.165, 1.54) is 16.5 Å². The highest BCUT2D eigenvalue weighted by molar-refractivity contribution is 5.54. The average molecular weight is 474 g/mol. The number of halogens is 4. The fourth-order valence-corrected chi connectivity index (χ4v) is 5.74. The number of anilines is 1. The predicted octanol–water partition coefficient (Wildman–Crippen LogP) is 4.94. The zero-order valence-corrected chi connectivity index (χ0v) is 18.9. The number of pyridine rings is 1. The molecule has 0 atom stereocenters. The molecule has 1 saturated carbocycles. The molecule has 180 valence electrons. The fourth-order valence-electron chi connectivity index (χ4n) is 5.74. The number of rotatable bonds is 5. The summed E-state index contributed by atoms with van der Waals surface area (Å²) in [5.74, 6) is 0.873. The summed E-state index contributed by atoms with van der Waals surface area (Å²) in [4.78, 5) is 4.36. The van der Waals surface area contributed by atoms with Crippen molar-refractivity contribution in [3.8, 4) is 0 Å². The van der Waals surface area contributed by atoms with Gasteiger partial charge in [-0.15, -0.1) is 10.2 Å². The van der Waals surface area contributed by atoms with Crippen LogP contribution in [-0.2, 0) is 19.1 Å². The maximum absolute atomic E-state index is 14.2. The van der Waals surface area contributed by atoms with Crippen LogP contribution in [0.4, 0.5) is 23.2 Å². The van der Waals surface area contributed by atoms with Gasteiger partial charge in [-0.25, -0.2) is 4.39 Å². The number of likely N-dealkylation sites (tertiary alicyclic amines) is 1. The van der Waals surface area contributed by atoms with E-state index in [0.29, 0.717) is 18.2 Å². The molecule has 34 heavy (non-hydrogen) atoms. The molecule has 1 aliphatic carbocycles. The third-order valence-electron chi connectivity index (χ3n) is 7.57. The van der Waals surface area contributed by atoms with Crippen molar-refractivity contribution in [3.05, 3.63) is 59.3 Å². The largest absolute Gasteiger partial charge is 0.420 e. The Morgan fingerprint density at radius 1 is 1.00 bits per heavy atom. The standard InChI is InChI=1S/C25H27F4N5/c26-19-4-6-20(7-5-19)33-15-24(16-33)9-1-10-32(14-24)13-18-8-11-34-21(12-17-2-3-17)30-31-23(34)22(18)25(27,28)29/h4-8,11,17H,1-3,9-10,12-16H2. The molecule has 0 bridgehead atoms. The van der Waals surface area contributed by atoms with Crippen molar-refractivity contribution in [2.75, 3.05) is 31.1 Å². The van der Waals surface area contributed by atoms with Gasteiger partial charge in [-0.3, -0.25) is 9.30 Å². The van der Waals surface area contributed by atoms with Crippen LogP contribution in [0.3, 0.4) is 0 Å². The van der Waals surface area contributed by atoms with Gasteiger partial charge in [0.1, 0.15) is 17.2 Å². The molecule has 9 heteroatoms. The summed E-state index contributed by atoms with van der Waals surface area (Å²) in [6, 6.07) is 8.08. The molecule has 0 unspecified atom stereocenters. The number of nitrogens with zero attached hydrogens (tertiary/aromatic N) is 5. The molecule has 4 heterocycles. The molecule has 0 N–H and O–H groups in total. The summed E-state index contributed by atoms with van der Waals surface area (Å²) in [6.45, 7) is 3.46. The molecule has 2 aliphatic heterocycles. The molecule has 0 radical (unpaired) electrons. The number of aromatic nitrogens is 3. The van der Waals surface area contributed by atoms with Crippen LogP contribution in [0.5, 0.6) is 0 Å². The Hall–Kier alpha value is -2.68. The summed E-state index contributed by atoms with van der Waals surface area (Å²) in [5, 5.41) is 8.06. The molecule has 5 nitrogen and oxygen atoms in total. The first-order chi connectivity index (χ1) is 16.3. The van der Waals surface area contributed by atoms with Gasteiger partial charge in [0.15, 0.2) is 5.65 Å². The molecule has 3 fully saturated rings. The minimum Gasteiger partial charge on any atom is -0.370 e. The zero-order chi connectivity index (χ0) is 23.5. The number of hydrogen-bond donors (Lipinski definition) is 0. The molecular weight excluding hydrogens is 446 g/mol. The zero-order valence-electron chi connectivity index (χ0n) is 18.9. The Morgan fingerprint density at radius 2 is 1.76 bits per heavy atom. The molecular formula is C25H27F4N5. The lowest BCUT2D eigenvalue weighted by Crippen LogP contribution is -2.63. The van der Waals surface area contributed by atoms with E-state index in [9.17, 15) is 17.6 Å². The van der Waals surface area contributed by atoms with Gasteiger partial charge in [0.25, 0.3) is 0 Å². The molecule has 3 aliphatic rings. The van der Waals surface area contributed by atoms with E-state index in [0.717, 1.165) is 57.5 Å². The van der Waals surface area contributed by atoms with Crippen LogP contribution in [0.2, 0.25) is 0 Å². The smallest absolute Gasteiger partial charge is 0.370 e. The van der Waals surface area contributed by atoms with Crippen molar-refractivity contribution >= 4 is 11.3 Å². The molecule has 2 saturated heterocycles. The Bertz CT molecular complexity index is 1190. The van der Waals surface area contributed by atoms with Crippen LogP contribution in [-0.4, -0.2) is 45.7 Å². The summed E-state index contributed by atoms with van der Waals surface area (Å²) in [5.41, 5.74) is 0.575. The van der Waals surface area contributed by atoms with Crippen LogP contribution in [0.25, 0.3) is 5.65 Å². The number of alkyl halides is 3. The van der Waals surface area contributed by atoms with E-state index in [2.05, 4.69) is 20.0 Å². The van der Waals surface area contributed by atoms with Gasteiger partial charge in [0.05, 0.1) is 0 Å². The molecule has 6 rings (SSSR count). The second kappa shape index (κ2) is 7.93. The van der Waals surface area contributed by atoms with Gasteiger partial charge >= 0.3 is 6.18 Å². The third kappa shape index (κ3) is 4.04. The minimum atomic E-state index is -4.49. The van der Waals surface area contributed by atoms with Crippen molar-refractivity contribution in [1.82, 2.24) is 19.5 Å². The van der Waals surface area contributed by atoms with Gasteiger partial charge in [-0.1, -0.05) is 0 Å². The second-order valence-electron chi connectivity index (χ2n) is 10.3. The highest BCUT2D eigenvalue weighted by atomic mass is 19.4. The van der Waals surface area contributed by atoms with Crippen LogP contribution < -0.4 is 4.90 Å². The van der Waals surface area contributed by atoms with Gasteiger partial charge in [-0.2, -0.15) is 13.2 Å². The van der Waals surface area contributed by atoms with E-state index >= 15 is 0 Å². The fraction of sp³-hybridized carbons (Fsp3) is 0.520. The summed E-state index contributed by atoms with van der Waals surface area (Å²) in [6.07, 6.45) is 2.11. The molecule has 2 aromatic heterocycles. The molecule has 3 aromatic rings. The third-order valence-corrected chi connectivity index (χ3v) is 7.57. The lowest BCUT2D eigenvalue weighted by Gasteiger charge is -2.55. The normalized spacial score (nSPS) is 20.8. The first-order valence-electron chi connectivity index (χ1n) is 12.0. The predicted molar refractivity (Wildman–Crippen MR) is 120 cm³/mol. The quantitative estimate of drug-likeness (QED) is 0.492. The Labute approximate surface area is 195 Å². The van der Waals surface area contributed by atoms with Gasteiger partial charge < -0.3 is 4.90 Å². The topological polar surface area (TPSA) is 36.7 Å². The Morgan fingerprint density at radius 3 is 2.47 bits per heavy atom. The number of hydrogen-bond acceptors (Lipinski definition) is 4. The van der Waals surface area contributed by atoms with Crippen LogP contribution in [0.1, 0.15) is 42.6 Å². The van der Waals surface area contributed by atoms with Gasteiger partial charge in [0.2, 0.25) is 0 Å². The van der Waals surface area contributed by atoms with Crippen molar-refractivity contribution in [3.63, 3.8) is 0 Å². The monoisotopic (exact) mass is 473 g/mol. The average Bonchev–Trinajstić information content (AvgIpc) is 3.50. The molecule has 1 spiro atoms. The maximum Gasteiger partial charge on any atom is 0.420 e. The number of benzene rings is 1. The number of piperidine rings is 1. The molecule has 0 amide bonds. The highest BCUT2D eigenvalue weighted by Crippen LogP contribution is 2.43. The van der Waals surface area contributed by atoms with Crippen molar-refractivity contribution in [2.24, 2.45) is 11.3 Å². The lowest BCUT2D eigenvalue weighted by atomic mass is 9.73. The van der Waals surface area contributed by atoms with Crippen LogP contribution in [0.15, 0.2) is 36.5 Å². The summed E-state index contributed by atoms with van der Waals surface area (Å²) in [7, 11) is 0. The first kappa shape index (κ1) is 21.8. The van der Waals surface area contributed by atoms with Gasteiger partial charge in [-0.05, 0) is 74.0 Å². The lowest BCUT2D eigenvalue weighted by molar-refractivity contribution is -0.137. The summed E-state index contributed by atoms with van der Waals surface area (Å²) >= 11 is 0. The first-order valence-corrected chi connectivity index (χ1v) is 12.0. The van der Waals surface area contributed by atoms with Crippen LogP contribution >= 0.6 is 0 Å². The van der Waals surface area contributed by atoms with E-state index < -0.39 is 11.7 Å². The Kier molecular flexibility index (Phi) is 5.09. The minimum absolute atomic E-state index is 0.0709. The van der Waals surface area contributed by atoms with Crippen molar-refractivity contribution in [2.45, 2.75) is 44.8 Å². The van der Waals surface area contributed by atoms with E-state index in [4.69, 9.17) is 0 Å².